The highest BCUT2D eigenvalue weighted by Crippen LogP contribution is 2.27. The van der Waals surface area contributed by atoms with Crippen LogP contribution in [-0.4, -0.2) is 38.8 Å². The molecular formula is C28H27N3O5S. The molecule has 4 aromatic carbocycles. The van der Waals surface area contributed by atoms with Gasteiger partial charge in [0, 0.05) is 5.56 Å². The molecule has 0 saturated carbocycles. The van der Waals surface area contributed by atoms with Crippen molar-refractivity contribution in [2.24, 2.45) is 5.10 Å². The van der Waals surface area contributed by atoms with Gasteiger partial charge in [0.15, 0.2) is 0 Å². The second-order valence-electron chi connectivity index (χ2n) is 8.26. The maximum absolute atomic E-state index is 13.5. The summed E-state index contributed by atoms with van der Waals surface area (Å²) >= 11 is 0. The van der Waals surface area contributed by atoms with Gasteiger partial charge in [-0.15, -0.1) is 0 Å². The highest BCUT2D eigenvalue weighted by atomic mass is 32.2. The second kappa shape index (κ2) is 11.1. The van der Waals surface area contributed by atoms with Gasteiger partial charge in [-0.2, -0.15) is 5.10 Å². The van der Waals surface area contributed by atoms with E-state index in [1.165, 1.54) is 18.3 Å². The molecule has 0 saturated heterocycles. The van der Waals surface area contributed by atoms with Gasteiger partial charge in [-0.05, 0) is 67.1 Å². The van der Waals surface area contributed by atoms with Gasteiger partial charge in [0.25, 0.3) is 15.9 Å². The van der Waals surface area contributed by atoms with Crippen LogP contribution in [0.2, 0.25) is 0 Å². The van der Waals surface area contributed by atoms with E-state index >= 15 is 0 Å². The van der Waals surface area contributed by atoms with Crippen molar-refractivity contribution in [2.45, 2.75) is 18.7 Å². The molecule has 0 aliphatic carbocycles. The van der Waals surface area contributed by atoms with E-state index in [4.69, 9.17) is 4.74 Å². The quantitative estimate of drug-likeness (QED) is 0.249. The fourth-order valence-electron chi connectivity index (χ4n) is 3.78. The highest BCUT2D eigenvalue weighted by molar-refractivity contribution is 7.92. The average molecular weight is 518 g/mol. The molecular weight excluding hydrogens is 490 g/mol. The average Bonchev–Trinajstić information content (AvgIpc) is 2.89. The van der Waals surface area contributed by atoms with Crippen LogP contribution >= 0.6 is 0 Å². The Balaban J connectivity index is 1.58. The van der Waals surface area contributed by atoms with Crippen LogP contribution < -0.4 is 14.5 Å². The number of carbonyl (C=O) groups is 1. The SMILES string of the molecule is CCOc1ccc(S(=O)(=O)N(CC(=O)N/N=C/c2c(O)ccc3ccccc23)c2ccc(C)cc2)cc1. The van der Waals surface area contributed by atoms with Crippen LogP contribution in [0, 0.1) is 6.92 Å². The molecule has 0 atom stereocenters. The van der Waals surface area contributed by atoms with E-state index in [9.17, 15) is 18.3 Å². The van der Waals surface area contributed by atoms with Crippen LogP contribution in [0.15, 0.2) is 94.9 Å². The zero-order chi connectivity index (χ0) is 26.4. The highest BCUT2D eigenvalue weighted by Gasteiger charge is 2.27. The molecule has 190 valence electrons. The first kappa shape index (κ1) is 25.7. The number of phenols is 1. The third kappa shape index (κ3) is 5.90. The van der Waals surface area contributed by atoms with Gasteiger partial charge in [-0.1, -0.05) is 48.0 Å². The zero-order valence-electron chi connectivity index (χ0n) is 20.5. The molecule has 0 heterocycles. The third-order valence-electron chi connectivity index (χ3n) is 5.66. The maximum Gasteiger partial charge on any atom is 0.264 e. The summed E-state index contributed by atoms with van der Waals surface area (Å²) in [6.07, 6.45) is 1.34. The van der Waals surface area contributed by atoms with E-state index in [0.29, 0.717) is 23.6 Å². The summed E-state index contributed by atoms with van der Waals surface area (Å²) in [6, 6.07) is 23.7. The van der Waals surface area contributed by atoms with Crippen LogP contribution in [0.1, 0.15) is 18.1 Å². The van der Waals surface area contributed by atoms with E-state index in [-0.39, 0.29) is 10.6 Å². The smallest absolute Gasteiger partial charge is 0.264 e. The van der Waals surface area contributed by atoms with Crippen molar-refractivity contribution < 1.29 is 23.1 Å². The topological polar surface area (TPSA) is 108 Å². The summed E-state index contributed by atoms with van der Waals surface area (Å²) in [4.78, 5) is 12.9. The number of nitrogens with zero attached hydrogens (tertiary/aromatic N) is 2. The van der Waals surface area contributed by atoms with Gasteiger partial charge < -0.3 is 9.84 Å². The minimum atomic E-state index is -4.08. The van der Waals surface area contributed by atoms with Gasteiger partial charge in [-0.3, -0.25) is 9.10 Å². The summed E-state index contributed by atoms with van der Waals surface area (Å²) in [6.45, 7) is 3.68. The van der Waals surface area contributed by atoms with Crippen LogP contribution in [0.25, 0.3) is 10.8 Å². The van der Waals surface area contributed by atoms with Crippen molar-refractivity contribution in [1.29, 1.82) is 0 Å². The largest absolute Gasteiger partial charge is 0.507 e. The van der Waals surface area contributed by atoms with E-state index in [2.05, 4.69) is 10.5 Å². The third-order valence-corrected chi connectivity index (χ3v) is 7.45. The molecule has 4 aromatic rings. The number of anilines is 1. The first-order valence-corrected chi connectivity index (χ1v) is 13.1. The van der Waals surface area contributed by atoms with Crippen molar-refractivity contribution in [3.8, 4) is 11.5 Å². The Labute approximate surface area is 215 Å². The predicted octanol–water partition coefficient (Wildman–Crippen LogP) is 4.60. The van der Waals surface area contributed by atoms with Crippen molar-refractivity contribution in [3.05, 3.63) is 96.1 Å². The lowest BCUT2D eigenvalue weighted by atomic mass is 10.0. The number of ether oxygens (including phenoxy) is 1. The molecule has 8 nitrogen and oxygen atoms in total. The lowest BCUT2D eigenvalue weighted by Crippen LogP contribution is -2.39. The molecule has 0 aliphatic rings. The molecule has 0 fully saturated rings. The molecule has 0 bridgehead atoms. The lowest BCUT2D eigenvalue weighted by molar-refractivity contribution is -0.119. The Kier molecular flexibility index (Phi) is 7.74. The van der Waals surface area contributed by atoms with Crippen molar-refractivity contribution >= 4 is 38.6 Å². The number of fused-ring (bicyclic) bond motifs is 1. The summed E-state index contributed by atoms with van der Waals surface area (Å²) in [5.41, 5.74) is 4.11. The molecule has 37 heavy (non-hydrogen) atoms. The van der Waals surface area contributed by atoms with Gasteiger partial charge in [0.05, 0.1) is 23.4 Å². The minimum absolute atomic E-state index is 0.0102. The second-order valence-corrected chi connectivity index (χ2v) is 10.1. The fraction of sp³-hybridized carbons (Fsp3) is 0.143. The Hall–Kier alpha value is -4.37. The standard InChI is InChI=1S/C28H27N3O5S/c1-3-36-23-13-15-24(16-14-23)37(34,35)31(22-11-8-20(2)9-12-22)19-28(33)30-29-18-26-25-7-5-4-6-21(25)10-17-27(26)32/h4-18,32H,3,19H2,1-2H3,(H,30,33)/b29-18+. The Morgan fingerprint density at radius 2 is 1.70 bits per heavy atom. The van der Waals surface area contributed by atoms with Crippen LogP contribution in [0.4, 0.5) is 5.69 Å². The van der Waals surface area contributed by atoms with Crippen LogP contribution in [0.5, 0.6) is 11.5 Å². The molecule has 0 radical (unpaired) electrons. The van der Waals surface area contributed by atoms with Crippen LogP contribution in [-0.2, 0) is 14.8 Å². The van der Waals surface area contributed by atoms with Crippen LogP contribution in [0.3, 0.4) is 0 Å². The van der Waals surface area contributed by atoms with Crippen molar-refractivity contribution in [2.75, 3.05) is 17.5 Å². The Morgan fingerprint density at radius 3 is 2.41 bits per heavy atom. The van der Waals surface area contributed by atoms with Gasteiger partial charge in [0.1, 0.15) is 18.0 Å². The van der Waals surface area contributed by atoms with E-state index in [1.54, 1.807) is 48.5 Å². The number of sulfonamides is 1. The van der Waals surface area contributed by atoms with Gasteiger partial charge >= 0.3 is 0 Å². The number of hydrogen-bond acceptors (Lipinski definition) is 6. The number of hydrazone groups is 1. The predicted molar refractivity (Wildman–Crippen MR) is 145 cm³/mol. The summed E-state index contributed by atoms with van der Waals surface area (Å²) in [7, 11) is -4.08. The van der Waals surface area contributed by atoms with E-state index < -0.39 is 22.5 Å². The molecule has 1 amide bonds. The number of phenolic OH excluding ortho intramolecular Hbond substituents is 1. The number of hydrogen-bond donors (Lipinski definition) is 2. The maximum atomic E-state index is 13.5. The number of aromatic hydroxyl groups is 1. The first-order chi connectivity index (χ1) is 17.8. The molecule has 0 spiro atoms. The number of benzene rings is 4. The zero-order valence-corrected chi connectivity index (χ0v) is 21.3. The molecule has 0 unspecified atom stereocenters. The molecule has 4 rings (SSSR count). The van der Waals surface area contributed by atoms with Gasteiger partial charge in [0.2, 0.25) is 0 Å². The summed E-state index contributed by atoms with van der Waals surface area (Å²) in [5, 5.41) is 15.9. The molecule has 0 aliphatic heterocycles. The number of amides is 1. The molecule has 2 N–H and O–H groups in total. The molecule has 9 heteroatoms. The van der Waals surface area contributed by atoms with E-state index in [0.717, 1.165) is 20.6 Å². The number of nitrogens with one attached hydrogen (secondary N) is 1. The fourth-order valence-corrected chi connectivity index (χ4v) is 5.20. The normalized spacial score (nSPS) is 11.5. The van der Waals surface area contributed by atoms with Gasteiger partial charge in [-0.25, -0.2) is 13.8 Å². The first-order valence-electron chi connectivity index (χ1n) is 11.6. The van der Waals surface area contributed by atoms with E-state index in [1.807, 2.05) is 38.1 Å². The lowest BCUT2D eigenvalue weighted by Gasteiger charge is -2.24. The number of rotatable bonds is 9. The Morgan fingerprint density at radius 1 is 1.00 bits per heavy atom. The molecule has 0 aromatic heterocycles. The summed E-state index contributed by atoms with van der Waals surface area (Å²) in [5.74, 6) is -0.0887. The summed E-state index contributed by atoms with van der Waals surface area (Å²) < 4.78 is 33.5. The monoisotopic (exact) mass is 517 g/mol. The number of carbonyl (C=O) groups excluding carboxylic acids is 1. The number of aryl methyl sites for hydroxylation is 1. The minimum Gasteiger partial charge on any atom is -0.507 e. The van der Waals surface area contributed by atoms with Crippen molar-refractivity contribution in [1.82, 2.24) is 5.43 Å². The van der Waals surface area contributed by atoms with Crippen molar-refractivity contribution in [3.63, 3.8) is 0 Å². The Bertz CT molecular complexity index is 1530.